The van der Waals surface area contributed by atoms with E-state index >= 15 is 4.39 Å². The summed E-state index contributed by atoms with van der Waals surface area (Å²) in [5.41, 5.74) is 1.54. The van der Waals surface area contributed by atoms with E-state index < -0.39 is 23.3 Å². The minimum absolute atomic E-state index is 0.0159. The Labute approximate surface area is 244 Å². The van der Waals surface area contributed by atoms with Gasteiger partial charge in [-0.3, -0.25) is 24.1 Å². The van der Waals surface area contributed by atoms with Gasteiger partial charge in [0.15, 0.2) is 5.65 Å². The van der Waals surface area contributed by atoms with E-state index in [0.29, 0.717) is 22.5 Å². The van der Waals surface area contributed by atoms with Crippen molar-refractivity contribution in [1.29, 1.82) is 0 Å². The molecule has 11 nitrogen and oxygen atoms in total. The lowest BCUT2D eigenvalue weighted by Crippen LogP contribution is -2.62. The van der Waals surface area contributed by atoms with Crippen LogP contribution in [0.4, 0.5) is 15.8 Å². The van der Waals surface area contributed by atoms with E-state index in [0.717, 1.165) is 5.56 Å². The Kier molecular flexibility index (Phi) is 6.60. The van der Waals surface area contributed by atoms with E-state index in [1.165, 1.54) is 27.8 Å². The Balaban J connectivity index is 1.76. The second-order valence-corrected chi connectivity index (χ2v) is 11.3. The summed E-state index contributed by atoms with van der Waals surface area (Å²) in [6.45, 7) is 7.75. The lowest BCUT2D eigenvalue weighted by molar-refractivity contribution is -0.118. The molecule has 2 aliphatic rings. The molecule has 4 aromatic rings. The zero-order valence-corrected chi connectivity index (χ0v) is 24.0. The molecule has 13 heteroatoms. The van der Waals surface area contributed by atoms with Crippen LogP contribution in [-0.4, -0.2) is 55.7 Å². The molecule has 6 rings (SSSR count). The first-order valence-corrected chi connectivity index (χ1v) is 13.8. The molecule has 0 bridgehead atoms. The first-order chi connectivity index (χ1) is 20.0. The number of phenolic OH excluding ortho intramolecular Hbond substituents is 1. The van der Waals surface area contributed by atoms with Crippen LogP contribution in [0.25, 0.3) is 28.0 Å². The summed E-state index contributed by atoms with van der Waals surface area (Å²) >= 11 is 6.74. The number of aromatic hydroxyl groups is 1. The van der Waals surface area contributed by atoms with Crippen LogP contribution in [0.2, 0.25) is 5.02 Å². The van der Waals surface area contributed by atoms with Crippen molar-refractivity contribution in [3.63, 3.8) is 0 Å². The van der Waals surface area contributed by atoms with Crippen molar-refractivity contribution >= 4 is 39.9 Å². The Bertz CT molecular complexity index is 1840. The number of carbonyl (C=O) groups excluding carboxylic acids is 1. The average molecular weight is 592 g/mol. The maximum absolute atomic E-state index is 15.1. The minimum Gasteiger partial charge on any atom is -0.507 e. The lowest BCUT2D eigenvalue weighted by Gasteiger charge is -2.46. The highest BCUT2D eigenvalue weighted by atomic mass is 35.5. The maximum atomic E-state index is 15.1. The number of hydrogen-bond acceptors (Lipinski definition) is 8. The molecule has 0 radical (unpaired) electrons. The zero-order valence-electron chi connectivity index (χ0n) is 23.2. The number of amides is 1. The quantitative estimate of drug-likeness (QED) is 0.321. The van der Waals surface area contributed by atoms with Gasteiger partial charge in [0.05, 0.1) is 51.2 Å². The predicted molar refractivity (Wildman–Crippen MR) is 158 cm³/mol. The molecule has 0 unspecified atom stereocenters. The van der Waals surface area contributed by atoms with E-state index in [2.05, 4.69) is 15.6 Å². The molecule has 1 aromatic carbocycles. The van der Waals surface area contributed by atoms with Gasteiger partial charge < -0.3 is 15.3 Å². The molecule has 3 aromatic heterocycles. The summed E-state index contributed by atoms with van der Waals surface area (Å²) in [5, 5.41) is 18.2. The highest BCUT2D eigenvalue weighted by Crippen LogP contribution is 2.43. The molecule has 42 heavy (non-hydrogen) atoms. The fourth-order valence-electron chi connectivity index (χ4n) is 5.85. The Morgan fingerprint density at radius 2 is 1.95 bits per heavy atom. The van der Waals surface area contributed by atoms with E-state index in [4.69, 9.17) is 16.6 Å². The smallest absolute Gasteiger partial charge is 0.282 e. The molecule has 216 valence electrons. The number of carbonyl (C=O) groups is 1. The Hall–Kier alpha value is -4.58. The lowest BCUT2D eigenvalue weighted by atomic mass is 9.99. The number of benzene rings is 1. The first-order valence-electron chi connectivity index (χ1n) is 13.4. The van der Waals surface area contributed by atoms with E-state index in [-0.39, 0.29) is 58.4 Å². The predicted octanol–water partition coefficient (Wildman–Crippen LogP) is 4.89. The van der Waals surface area contributed by atoms with Gasteiger partial charge in [-0.2, -0.15) is 0 Å². The van der Waals surface area contributed by atoms with E-state index in [1.807, 2.05) is 20.8 Å². The van der Waals surface area contributed by atoms with Crippen LogP contribution >= 0.6 is 11.6 Å². The molecule has 1 saturated heterocycles. The third-order valence-electron chi connectivity index (χ3n) is 7.88. The molecule has 2 atom stereocenters. The molecular weight excluding hydrogens is 565 g/mol. The molecular formula is C29H27ClFN7O4. The van der Waals surface area contributed by atoms with Crippen LogP contribution in [0.3, 0.4) is 0 Å². The van der Waals surface area contributed by atoms with E-state index in [1.54, 1.807) is 30.2 Å². The van der Waals surface area contributed by atoms with Crippen molar-refractivity contribution in [2.24, 2.45) is 5.29 Å². The van der Waals surface area contributed by atoms with Gasteiger partial charge >= 0.3 is 0 Å². The largest absolute Gasteiger partial charge is 0.507 e. The third-order valence-corrected chi connectivity index (χ3v) is 8.17. The van der Waals surface area contributed by atoms with E-state index in [9.17, 15) is 19.6 Å². The number of nitrogens with one attached hydrogen (secondary N) is 1. The molecule has 5 heterocycles. The van der Waals surface area contributed by atoms with Gasteiger partial charge in [0.2, 0.25) is 5.91 Å². The summed E-state index contributed by atoms with van der Waals surface area (Å²) in [6, 6.07) is 6.02. The second-order valence-electron chi connectivity index (χ2n) is 10.9. The molecule has 2 aliphatic heterocycles. The van der Waals surface area contributed by atoms with Gasteiger partial charge in [0.1, 0.15) is 23.3 Å². The number of rotatable bonds is 4. The highest BCUT2D eigenvalue weighted by molar-refractivity contribution is 6.34. The second kappa shape index (κ2) is 10.1. The van der Waals surface area contributed by atoms with Crippen LogP contribution in [0, 0.1) is 17.6 Å². The summed E-state index contributed by atoms with van der Waals surface area (Å²) in [7, 11) is 0. The topological polar surface area (TPSA) is 133 Å². The number of phenols is 1. The van der Waals surface area contributed by atoms with Gasteiger partial charge in [0, 0.05) is 18.1 Å². The zero-order chi connectivity index (χ0) is 30.0. The summed E-state index contributed by atoms with van der Waals surface area (Å²) in [6.07, 6.45) is 1.65. The normalized spacial score (nSPS) is 18.2. The number of aromatic nitrogens is 3. The number of halogens is 2. The van der Waals surface area contributed by atoms with Crippen LogP contribution in [0.1, 0.15) is 37.9 Å². The number of piperazine rings is 1. The van der Waals surface area contributed by atoms with Crippen molar-refractivity contribution in [3.8, 4) is 22.7 Å². The summed E-state index contributed by atoms with van der Waals surface area (Å²) in [4.78, 5) is 50.3. The van der Waals surface area contributed by atoms with Crippen molar-refractivity contribution in [2.75, 3.05) is 23.3 Å². The number of aryl methyl sites for hydroxylation is 1. The van der Waals surface area contributed by atoms with Crippen molar-refractivity contribution in [2.45, 2.75) is 45.7 Å². The van der Waals surface area contributed by atoms with Gasteiger partial charge in [-0.25, -0.2) is 9.37 Å². The number of nitroso groups, excluding NO2 is 1. The molecule has 1 fully saturated rings. The Morgan fingerprint density at radius 3 is 2.64 bits per heavy atom. The van der Waals surface area contributed by atoms with Crippen molar-refractivity contribution in [1.82, 2.24) is 19.5 Å². The highest BCUT2D eigenvalue weighted by Gasteiger charge is 2.43. The maximum Gasteiger partial charge on any atom is 0.282 e. The fraction of sp³-hybridized carbons (Fsp3) is 0.310. The van der Waals surface area contributed by atoms with Crippen molar-refractivity contribution in [3.05, 3.63) is 73.9 Å². The number of fused-ring (bicyclic) bond motifs is 5. The molecule has 2 N–H and O–H groups in total. The van der Waals surface area contributed by atoms with Gasteiger partial charge in [-0.1, -0.05) is 31.5 Å². The average Bonchev–Trinajstić information content (AvgIpc) is 2.94. The monoisotopic (exact) mass is 591 g/mol. The van der Waals surface area contributed by atoms with Crippen molar-refractivity contribution < 1.29 is 14.3 Å². The Morgan fingerprint density at radius 1 is 1.19 bits per heavy atom. The molecule has 1 amide bonds. The number of anilines is 2. The minimum atomic E-state index is -0.815. The fourth-order valence-corrected chi connectivity index (χ4v) is 6.09. The van der Waals surface area contributed by atoms with Crippen LogP contribution in [0.5, 0.6) is 5.75 Å². The molecule has 0 aliphatic carbocycles. The first kappa shape index (κ1) is 27.6. The SMILES string of the molecule is Cc1ccnc(C(C)C)c1-n1c(=O)c2c(c3cc(Cl)c(-c4c(O)cccc4F)nc31)N1C[C@@H](C)N(N=O)C[C@@H]1C(=O)N2. The van der Waals surface area contributed by atoms with Crippen LogP contribution in [0.15, 0.2) is 46.6 Å². The van der Waals surface area contributed by atoms with Gasteiger partial charge in [-0.05, 0) is 49.6 Å². The summed E-state index contributed by atoms with van der Waals surface area (Å²) < 4.78 is 16.4. The van der Waals surface area contributed by atoms with Gasteiger partial charge in [0.25, 0.3) is 5.56 Å². The van der Waals surface area contributed by atoms with Crippen LogP contribution in [-0.2, 0) is 4.79 Å². The van der Waals surface area contributed by atoms with Crippen LogP contribution < -0.4 is 15.8 Å². The number of hydrogen-bond donors (Lipinski definition) is 2. The number of pyridine rings is 3. The third kappa shape index (κ3) is 4.08. The molecule has 0 spiro atoms. The standard InChI is InChI=1S/C29H27ClFN7O4/c1-13(2)22-25(14(3)8-9-32-22)38-27-16(10-17(30)23(33-27)21-18(31)6-5-7-20(21)39)26-24(29(38)41)34-28(40)19-12-37(35-42)15(4)11-36(19)26/h5-10,13,15,19,39H,11-12H2,1-4H3,(H,34,40)/t15-,19-/m1/s1. The molecule has 0 saturated carbocycles. The number of nitrogens with zero attached hydrogens (tertiary/aromatic N) is 6. The summed E-state index contributed by atoms with van der Waals surface area (Å²) in [5.74, 6) is -1.65. The van der Waals surface area contributed by atoms with Gasteiger partial charge in [-0.15, -0.1) is 4.91 Å².